The number of halogens is 2. The first kappa shape index (κ1) is 12.8. The maximum atomic E-state index is 13.6. The fourth-order valence-corrected chi connectivity index (χ4v) is 2.69. The van der Waals surface area contributed by atoms with Crippen LogP contribution >= 0.6 is 11.6 Å². The Morgan fingerprint density at radius 3 is 2.94 bits per heavy atom. The van der Waals surface area contributed by atoms with Gasteiger partial charge in [-0.25, -0.2) is 4.39 Å². The summed E-state index contributed by atoms with van der Waals surface area (Å²) < 4.78 is 13.6. The molecule has 1 aromatic rings. The summed E-state index contributed by atoms with van der Waals surface area (Å²) in [7, 11) is 0. The number of likely N-dealkylation sites (tertiary alicyclic amines) is 1. The monoisotopic (exact) mass is 256 g/mol. The molecule has 0 amide bonds. The van der Waals surface area contributed by atoms with Crippen LogP contribution in [0.3, 0.4) is 0 Å². The van der Waals surface area contributed by atoms with Crippen molar-refractivity contribution >= 4 is 11.6 Å². The van der Waals surface area contributed by atoms with Gasteiger partial charge in [0.25, 0.3) is 0 Å². The molecule has 2 unspecified atom stereocenters. The largest absolute Gasteiger partial charge is 0.330 e. The van der Waals surface area contributed by atoms with Crippen LogP contribution < -0.4 is 5.73 Å². The van der Waals surface area contributed by atoms with Crippen molar-refractivity contribution in [3.63, 3.8) is 0 Å². The SMILES string of the molecule is CC1CC(CN)CN1Cc1cc(Cl)ccc1F. The van der Waals surface area contributed by atoms with E-state index >= 15 is 0 Å². The van der Waals surface area contributed by atoms with Crippen LogP contribution in [0.15, 0.2) is 18.2 Å². The molecule has 1 heterocycles. The van der Waals surface area contributed by atoms with Gasteiger partial charge in [0.1, 0.15) is 5.82 Å². The van der Waals surface area contributed by atoms with E-state index in [-0.39, 0.29) is 5.82 Å². The van der Waals surface area contributed by atoms with Gasteiger partial charge in [-0.15, -0.1) is 0 Å². The lowest BCUT2D eigenvalue weighted by atomic mass is 10.1. The molecule has 1 saturated heterocycles. The standard InChI is InChI=1S/C13H18ClFN2/c1-9-4-10(6-16)7-17(9)8-11-5-12(14)2-3-13(11)15/h2-3,5,9-10H,4,6-8,16H2,1H3. The molecule has 1 aliphatic rings. The molecule has 1 aromatic carbocycles. The number of rotatable bonds is 3. The third-order valence-corrected chi connectivity index (χ3v) is 3.74. The zero-order valence-electron chi connectivity index (χ0n) is 10.00. The summed E-state index contributed by atoms with van der Waals surface area (Å²) in [4.78, 5) is 2.27. The van der Waals surface area contributed by atoms with E-state index in [1.54, 1.807) is 12.1 Å². The Morgan fingerprint density at radius 2 is 2.29 bits per heavy atom. The van der Waals surface area contributed by atoms with Crippen molar-refractivity contribution in [1.82, 2.24) is 4.90 Å². The number of benzene rings is 1. The van der Waals surface area contributed by atoms with Crippen molar-refractivity contribution in [2.24, 2.45) is 11.7 Å². The van der Waals surface area contributed by atoms with Gasteiger partial charge in [-0.1, -0.05) is 11.6 Å². The van der Waals surface area contributed by atoms with Crippen LogP contribution in [0.4, 0.5) is 4.39 Å². The average molecular weight is 257 g/mol. The first-order chi connectivity index (χ1) is 8.10. The van der Waals surface area contributed by atoms with Crippen molar-refractivity contribution in [3.05, 3.63) is 34.6 Å². The second-order valence-corrected chi connectivity index (χ2v) is 5.29. The summed E-state index contributed by atoms with van der Waals surface area (Å²) in [6, 6.07) is 5.18. The van der Waals surface area contributed by atoms with E-state index in [2.05, 4.69) is 11.8 Å². The summed E-state index contributed by atoms with van der Waals surface area (Å²) in [6.07, 6.45) is 1.10. The van der Waals surface area contributed by atoms with Crippen molar-refractivity contribution in [2.75, 3.05) is 13.1 Å². The van der Waals surface area contributed by atoms with Crippen LogP contribution in [-0.4, -0.2) is 24.0 Å². The molecular weight excluding hydrogens is 239 g/mol. The minimum Gasteiger partial charge on any atom is -0.330 e. The molecule has 0 aromatic heterocycles. The molecule has 0 bridgehead atoms. The molecule has 0 aliphatic carbocycles. The Bertz CT molecular complexity index is 397. The van der Waals surface area contributed by atoms with E-state index in [0.717, 1.165) is 13.0 Å². The van der Waals surface area contributed by atoms with Gasteiger partial charge in [-0.3, -0.25) is 4.90 Å². The Balaban J connectivity index is 2.08. The number of hydrogen-bond donors (Lipinski definition) is 1. The van der Waals surface area contributed by atoms with Gasteiger partial charge in [-0.2, -0.15) is 0 Å². The number of nitrogens with two attached hydrogens (primary N) is 1. The molecule has 17 heavy (non-hydrogen) atoms. The molecule has 2 rings (SSSR count). The van der Waals surface area contributed by atoms with Gasteiger partial charge < -0.3 is 5.73 Å². The zero-order chi connectivity index (χ0) is 12.4. The smallest absolute Gasteiger partial charge is 0.127 e. The highest BCUT2D eigenvalue weighted by Gasteiger charge is 2.28. The Morgan fingerprint density at radius 1 is 1.53 bits per heavy atom. The minimum atomic E-state index is -0.183. The fraction of sp³-hybridized carbons (Fsp3) is 0.538. The minimum absolute atomic E-state index is 0.183. The lowest BCUT2D eigenvalue weighted by Gasteiger charge is -2.21. The van der Waals surface area contributed by atoms with E-state index in [1.165, 1.54) is 6.07 Å². The van der Waals surface area contributed by atoms with Crippen molar-refractivity contribution < 1.29 is 4.39 Å². The quantitative estimate of drug-likeness (QED) is 0.901. The number of hydrogen-bond acceptors (Lipinski definition) is 2. The lowest BCUT2D eigenvalue weighted by Crippen LogP contribution is -2.27. The highest BCUT2D eigenvalue weighted by molar-refractivity contribution is 6.30. The summed E-state index contributed by atoms with van der Waals surface area (Å²) in [6.45, 7) is 4.44. The summed E-state index contributed by atoms with van der Waals surface area (Å²) in [5.74, 6) is 0.352. The molecule has 0 spiro atoms. The van der Waals surface area contributed by atoms with Crippen molar-refractivity contribution in [2.45, 2.75) is 25.9 Å². The molecule has 0 saturated carbocycles. The molecule has 2 N–H and O–H groups in total. The lowest BCUT2D eigenvalue weighted by molar-refractivity contribution is 0.252. The Hall–Kier alpha value is -0.640. The van der Waals surface area contributed by atoms with Crippen LogP contribution in [0.2, 0.25) is 5.02 Å². The van der Waals surface area contributed by atoms with Gasteiger partial charge in [0.05, 0.1) is 0 Å². The number of nitrogens with zero attached hydrogens (tertiary/aromatic N) is 1. The van der Waals surface area contributed by atoms with Gasteiger partial charge in [0.2, 0.25) is 0 Å². The van der Waals surface area contributed by atoms with Crippen LogP contribution in [0.25, 0.3) is 0 Å². The van der Waals surface area contributed by atoms with Crippen molar-refractivity contribution in [1.29, 1.82) is 0 Å². The predicted octanol–water partition coefficient (Wildman–Crippen LogP) is 2.65. The normalized spacial score (nSPS) is 25.4. The zero-order valence-corrected chi connectivity index (χ0v) is 10.8. The first-order valence-corrected chi connectivity index (χ1v) is 6.36. The van der Waals surface area contributed by atoms with Crippen molar-refractivity contribution in [3.8, 4) is 0 Å². The van der Waals surface area contributed by atoms with E-state index in [0.29, 0.717) is 35.6 Å². The topological polar surface area (TPSA) is 29.3 Å². The second-order valence-electron chi connectivity index (χ2n) is 4.85. The second kappa shape index (κ2) is 5.34. The fourth-order valence-electron chi connectivity index (χ4n) is 2.49. The molecule has 4 heteroatoms. The Labute approximate surface area is 107 Å². The first-order valence-electron chi connectivity index (χ1n) is 5.98. The molecule has 2 nitrogen and oxygen atoms in total. The van der Waals surface area contributed by atoms with Crippen LogP contribution in [0.5, 0.6) is 0 Å². The van der Waals surface area contributed by atoms with E-state index in [9.17, 15) is 4.39 Å². The molecule has 1 fully saturated rings. The third-order valence-electron chi connectivity index (χ3n) is 3.51. The summed E-state index contributed by atoms with van der Waals surface area (Å²) >= 11 is 5.89. The van der Waals surface area contributed by atoms with Gasteiger partial charge in [0.15, 0.2) is 0 Å². The van der Waals surface area contributed by atoms with Crippen LogP contribution in [0.1, 0.15) is 18.9 Å². The van der Waals surface area contributed by atoms with E-state index in [1.807, 2.05) is 0 Å². The van der Waals surface area contributed by atoms with Gasteiger partial charge in [0, 0.05) is 29.7 Å². The molecule has 94 valence electrons. The maximum Gasteiger partial charge on any atom is 0.127 e. The average Bonchev–Trinajstić information content (AvgIpc) is 2.65. The predicted molar refractivity (Wildman–Crippen MR) is 68.4 cm³/mol. The summed E-state index contributed by atoms with van der Waals surface area (Å²) in [5, 5.41) is 0.587. The van der Waals surface area contributed by atoms with Crippen LogP contribution in [-0.2, 0) is 6.54 Å². The molecule has 2 atom stereocenters. The maximum absolute atomic E-state index is 13.6. The highest BCUT2D eigenvalue weighted by atomic mass is 35.5. The molecule has 1 aliphatic heterocycles. The Kier molecular flexibility index (Phi) is 4.02. The summed E-state index contributed by atoms with van der Waals surface area (Å²) in [5.41, 5.74) is 6.35. The third kappa shape index (κ3) is 2.97. The van der Waals surface area contributed by atoms with Crippen LogP contribution in [0, 0.1) is 11.7 Å². The van der Waals surface area contributed by atoms with E-state index < -0.39 is 0 Å². The van der Waals surface area contributed by atoms with Gasteiger partial charge in [-0.05, 0) is 44.0 Å². The molecule has 0 radical (unpaired) electrons. The van der Waals surface area contributed by atoms with E-state index in [4.69, 9.17) is 17.3 Å². The molecular formula is C13H18ClFN2. The van der Waals surface area contributed by atoms with Gasteiger partial charge >= 0.3 is 0 Å². The highest BCUT2D eigenvalue weighted by Crippen LogP contribution is 2.25.